The highest BCUT2D eigenvalue weighted by atomic mass is 32.2. The second-order valence-corrected chi connectivity index (χ2v) is 5.83. The van der Waals surface area contributed by atoms with Gasteiger partial charge in [0.25, 0.3) is 0 Å². The molecule has 0 aliphatic carbocycles. The smallest absolute Gasteiger partial charge is 0.167 e. The fraction of sp³-hybridized carbons (Fsp3) is 0.333. The molecule has 5 heteroatoms. The van der Waals surface area contributed by atoms with E-state index >= 15 is 0 Å². The van der Waals surface area contributed by atoms with E-state index in [4.69, 9.17) is 0 Å². The molecule has 0 aromatic rings. The average Bonchev–Trinajstić information content (AvgIpc) is 2.08. The summed E-state index contributed by atoms with van der Waals surface area (Å²) in [6.07, 6.45) is 0. The van der Waals surface area contributed by atoms with Gasteiger partial charge in [-0.3, -0.25) is 9.59 Å². The van der Waals surface area contributed by atoms with E-state index in [2.05, 4.69) is 12.6 Å². The molecule has 0 fully saturated rings. The van der Waals surface area contributed by atoms with Crippen molar-refractivity contribution in [3.05, 3.63) is 19.0 Å². The fourth-order valence-electron chi connectivity index (χ4n) is 0.921. The van der Waals surface area contributed by atoms with Crippen LogP contribution in [-0.4, -0.2) is 11.6 Å². The van der Waals surface area contributed by atoms with Gasteiger partial charge < -0.3 is 0 Å². The van der Waals surface area contributed by atoms with Crippen molar-refractivity contribution in [3.8, 4) is 0 Å². The summed E-state index contributed by atoms with van der Waals surface area (Å²) in [6.45, 7) is 4.83. The maximum atomic E-state index is 11.3. The Morgan fingerprint density at radius 1 is 1.07 bits per heavy atom. The van der Waals surface area contributed by atoms with Crippen molar-refractivity contribution < 1.29 is 9.59 Å². The van der Waals surface area contributed by atoms with Crippen LogP contribution in [0.3, 0.4) is 0 Å². The van der Waals surface area contributed by atoms with Gasteiger partial charge in [-0.2, -0.15) is 0 Å². The number of Topliss-reactive ketones (excluding diaryl/α,β-unsaturated/α-hetero) is 2. The Morgan fingerprint density at radius 2 is 1.50 bits per heavy atom. The third-order valence-corrected chi connectivity index (χ3v) is 5.02. The van der Waals surface area contributed by atoms with E-state index in [1.54, 1.807) is 0 Å². The summed E-state index contributed by atoms with van der Waals surface area (Å²) in [7, 11) is 0. The average molecular weight is 246 g/mol. The molecule has 76 valence electrons. The quantitative estimate of drug-likeness (QED) is 0.760. The molecule has 1 rings (SSSR count). The Balaban J connectivity index is 3.12. The van der Waals surface area contributed by atoms with E-state index in [1.807, 2.05) is 6.92 Å². The van der Waals surface area contributed by atoms with Gasteiger partial charge in [-0.05, 0) is 20.8 Å². The first-order chi connectivity index (χ1) is 6.43. The fourth-order valence-corrected chi connectivity index (χ4v) is 3.32. The van der Waals surface area contributed by atoms with Crippen LogP contribution in [0.25, 0.3) is 0 Å². The SMILES string of the molecule is CC(=O)C1=C(C(C)=O)SC(S)=C(C)S1. The van der Waals surface area contributed by atoms with Crippen LogP contribution in [-0.2, 0) is 9.59 Å². The van der Waals surface area contributed by atoms with E-state index in [0.717, 1.165) is 9.14 Å². The van der Waals surface area contributed by atoms with Crippen LogP contribution < -0.4 is 0 Å². The first-order valence-electron chi connectivity index (χ1n) is 3.95. The van der Waals surface area contributed by atoms with Crippen molar-refractivity contribution in [2.24, 2.45) is 0 Å². The Kier molecular flexibility index (Phi) is 3.92. The van der Waals surface area contributed by atoms with E-state index in [-0.39, 0.29) is 11.6 Å². The zero-order valence-corrected chi connectivity index (χ0v) is 10.6. The molecule has 0 bridgehead atoms. The van der Waals surface area contributed by atoms with Crippen LogP contribution in [0.1, 0.15) is 20.8 Å². The summed E-state index contributed by atoms with van der Waals surface area (Å²) in [5.74, 6) is -0.139. The summed E-state index contributed by atoms with van der Waals surface area (Å²) >= 11 is 6.85. The molecule has 1 heterocycles. The minimum Gasteiger partial charge on any atom is -0.294 e. The largest absolute Gasteiger partial charge is 0.294 e. The van der Waals surface area contributed by atoms with Gasteiger partial charge in [-0.1, -0.05) is 23.5 Å². The zero-order valence-electron chi connectivity index (χ0n) is 8.08. The van der Waals surface area contributed by atoms with Crippen molar-refractivity contribution >= 4 is 47.7 Å². The van der Waals surface area contributed by atoms with E-state index in [0.29, 0.717) is 9.81 Å². The number of carbonyl (C=O) groups is 2. The van der Waals surface area contributed by atoms with Gasteiger partial charge in [-0.15, -0.1) is 12.6 Å². The number of carbonyl (C=O) groups excluding carboxylic acids is 2. The van der Waals surface area contributed by atoms with Crippen LogP contribution in [0.2, 0.25) is 0 Å². The number of hydrogen-bond acceptors (Lipinski definition) is 5. The Bertz CT molecular complexity index is 332. The first kappa shape index (κ1) is 11.9. The number of rotatable bonds is 2. The highest BCUT2D eigenvalue weighted by molar-refractivity contribution is 8.22. The summed E-state index contributed by atoms with van der Waals surface area (Å²) in [5.41, 5.74) is 0. The normalized spacial score (nSPS) is 17.4. The third-order valence-electron chi connectivity index (χ3n) is 1.60. The van der Waals surface area contributed by atoms with E-state index < -0.39 is 0 Å². The van der Waals surface area contributed by atoms with Crippen LogP contribution in [0.4, 0.5) is 0 Å². The molecular weight excluding hydrogens is 236 g/mol. The minimum absolute atomic E-state index is 0.0621. The Hall–Kier alpha value is -0.130. The van der Waals surface area contributed by atoms with Crippen LogP contribution in [0.15, 0.2) is 19.0 Å². The molecule has 14 heavy (non-hydrogen) atoms. The molecule has 0 aromatic heterocycles. The van der Waals surface area contributed by atoms with Crippen LogP contribution >= 0.6 is 36.2 Å². The predicted octanol–water partition coefficient (Wildman–Crippen LogP) is 2.97. The lowest BCUT2D eigenvalue weighted by Gasteiger charge is -2.17. The van der Waals surface area contributed by atoms with Crippen LogP contribution in [0.5, 0.6) is 0 Å². The first-order valence-corrected chi connectivity index (χ1v) is 6.03. The maximum absolute atomic E-state index is 11.3. The highest BCUT2D eigenvalue weighted by Gasteiger charge is 2.23. The predicted molar refractivity (Wildman–Crippen MR) is 65.3 cm³/mol. The molecule has 2 nitrogen and oxygen atoms in total. The monoisotopic (exact) mass is 246 g/mol. The lowest BCUT2D eigenvalue weighted by Crippen LogP contribution is -2.05. The molecule has 0 saturated heterocycles. The molecular formula is C9H10O2S3. The van der Waals surface area contributed by atoms with Crippen molar-refractivity contribution in [1.29, 1.82) is 0 Å². The molecule has 0 aromatic carbocycles. The van der Waals surface area contributed by atoms with Gasteiger partial charge in [0, 0.05) is 4.91 Å². The highest BCUT2D eigenvalue weighted by Crippen LogP contribution is 2.46. The second kappa shape index (κ2) is 4.59. The number of thioether (sulfide) groups is 2. The topological polar surface area (TPSA) is 34.1 Å². The molecule has 0 atom stereocenters. The van der Waals surface area contributed by atoms with Crippen molar-refractivity contribution in [3.63, 3.8) is 0 Å². The zero-order chi connectivity index (χ0) is 10.9. The maximum Gasteiger partial charge on any atom is 0.167 e. The molecule has 0 amide bonds. The van der Waals surface area contributed by atoms with E-state index in [9.17, 15) is 9.59 Å². The molecule has 0 N–H and O–H groups in total. The van der Waals surface area contributed by atoms with Crippen molar-refractivity contribution in [1.82, 2.24) is 0 Å². The number of ketones is 2. The van der Waals surface area contributed by atoms with E-state index in [1.165, 1.54) is 37.4 Å². The molecule has 1 aliphatic rings. The lowest BCUT2D eigenvalue weighted by atomic mass is 10.3. The van der Waals surface area contributed by atoms with Gasteiger partial charge in [0.15, 0.2) is 11.6 Å². The third kappa shape index (κ3) is 2.46. The lowest BCUT2D eigenvalue weighted by molar-refractivity contribution is -0.115. The molecule has 0 unspecified atom stereocenters. The van der Waals surface area contributed by atoms with Crippen molar-refractivity contribution in [2.45, 2.75) is 20.8 Å². The molecule has 0 spiro atoms. The summed E-state index contributed by atoms with van der Waals surface area (Å²) in [5, 5.41) is 0. The molecule has 1 aliphatic heterocycles. The van der Waals surface area contributed by atoms with Gasteiger partial charge >= 0.3 is 0 Å². The second-order valence-electron chi connectivity index (χ2n) is 2.84. The number of allylic oxidation sites excluding steroid dienone is 3. The van der Waals surface area contributed by atoms with Gasteiger partial charge in [0.1, 0.15) is 0 Å². The van der Waals surface area contributed by atoms with Gasteiger partial charge in [-0.25, -0.2) is 0 Å². The summed E-state index contributed by atoms with van der Waals surface area (Å²) < 4.78 is 0.796. The minimum atomic E-state index is -0.0771. The number of thiol groups is 1. The summed E-state index contributed by atoms with van der Waals surface area (Å²) in [4.78, 5) is 24.6. The standard InChI is InChI=1S/C9H10O2S3/c1-4(10)7-8(5(2)11)14-9(12)6(3)13-7/h12H,1-3H3. The van der Waals surface area contributed by atoms with Crippen LogP contribution in [0, 0.1) is 0 Å². The van der Waals surface area contributed by atoms with Gasteiger partial charge in [0.2, 0.25) is 0 Å². The molecule has 0 radical (unpaired) electrons. The van der Waals surface area contributed by atoms with Gasteiger partial charge in [0.05, 0.1) is 14.0 Å². The Labute approximate surface area is 97.0 Å². The number of hydrogen-bond donors (Lipinski definition) is 1. The molecule has 0 saturated carbocycles. The Morgan fingerprint density at radius 3 is 1.93 bits per heavy atom. The van der Waals surface area contributed by atoms with Crippen molar-refractivity contribution in [2.75, 3.05) is 0 Å². The summed E-state index contributed by atoms with van der Waals surface area (Å²) in [6, 6.07) is 0.